The molecular formula is C14H17N3. The molecule has 0 unspecified atom stereocenters. The van der Waals surface area contributed by atoms with Crippen molar-refractivity contribution in [3.8, 4) is 0 Å². The first-order valence-corrected chi connectivity index (χ1v) is 5.86. The number of nitrogens with zero attached hydrogens (tertiary/aromatic N) is 2. The molecule has 2 aromatic heterocycles. The lowest BCUT2D eigenvalue weighted by molar-refractivity contribution is 0.679. The summed E-state index contributed by atoms with van der Waals surface area (Å²) >= 11 is 0. The van der Waals surface area contributed by atoms with Crippen LogP contribution in [0.3, 0.4) is 0 Å². The highest BCUT2D eigenvalue weighted by atomic mass is 14.8. The van der Waals surface area contributed by atoms with Gasteiger partial charge in [0.05, 0.1) is 0 Å². The summed E-state index contributed by atoms with van der Waals surface area (Å²) in [4.78, 5) is 8.14. The van der Waals surface area contributed by atoms with Gasteiger partial charge in [0.25, 0.3) is 0 Å². The van der Waals surface area contributed by atoms with Crippen molar-refractivity contribution in [2.75, 3.05) is 5.73 Å². The van der Waals surface area contributed by atoms with Crippen LogP contribution in [-0.4, -0.2) is 9.97 Å². The van der Waals surface area contributed by atoms with Crippen LogP contribution >= 0.6 is 0 Å². The van der Waals surface area contributed by atoms with E-state index >= 15 is 0 Å². The van der Waals surface area contributed by atoms with Crippen LogP contribution in [0.5, 0.6) is 0 Å². The number of anilines is 1. The lowest BCUT2D eigenvalue weighted by Crippen LogP contribution is -2.02. The molecule has 17 heavy (non-hydrogen) atoms. The van der Waals surface area contributed by atoms with E-state index in [-0.39, 0.29) is 0 Å². The first-order valence-electron chi connectivity index (χ1n) is 5.86. The Bertz CT molecular complexity index is 468. The lowest BCUT2D eigenvalue weighted by atomic mass is 9.95. The number of aromatic nitrogens is 2. The molecule has 3 heteroatoms. The van der Waals surface area contributed by atoms with Gasteiger partial charge in [0.15, 0.2) is 0 Å². The van der Waals surface area contributed by atoms with E-state index in [0.717, 1.165) is 18.4 Å². The third-order valence-corrected chi connectivity index (χ3v) is 3.02. The summed E-state index contributed by atoms with van der Waals surface area (Å²) in [7, 11) is 0. The third-order valence-electron chi connectivity index (χ3n) is 3.02. The van der Waals surface area contributed by atoms with E-state index in [1.165, 1.54) is 5.56 Å². The van der Waals surface area contributed by atoms with Gasteiger partial charge in [0, 0.05) is 18.6 Å². The molecule has 0 saturated carbocycles. The number of aryl methyl sites for hydroxylation is 1. The summed E-state index contributed by atoms with van der Waals surface area (Å²) in [6.07, 6.45) is 7.50. The zero-order chi connectivity index (χ0) is 12.1. The summed E-state index contributed by atoms with van der Waals surface area (Å²) in [6.45, 7) is 2.19. The molecule has 0 aromatic carbocycles. The Balaban J connectivity index is 1.99. The van der Waals surface area contributed by atoms with Gasteiger partial charge in [-0.3, -0.25) is 4.98 Å². The predicted octanol–water partition coefficient (Wildman–Crippen LogP) is 2.80. The van der Waals surface area contributed by atoms with Crippen molar-refractivity contribution in [2.24, 2.45) is 0 Å². The van der Waals surface area contributed by atoms with Gasteiger partial charge >= 0.3 is 0 Å². The van der Waals surface area contributed by atoms with E-state index in [1.54, 1.807) is 6.20 Å². The van der Waals surface area contributed by atoms with Crippen molar-refractivity contribution < 1.29 is 0 Å². The molecule has 2 aromatic rings. The maximum absolute atomic E-state index is 5.87. The molecule has 0 radical (unpaired) electrons. The van der Waals surface area contributed by atoms with Gasteiger partial charge in [-0.2, -0.15) is 0 Å². The SMILES string of the molecule is C[C@H](CCc1ccncc1)c1cccnc1N. The highest BCUT2D eigenvalue weighted by molar-refractivity contribution is 5.40. The third kappa shape index (κ3) is 3.03. The number of pyridine rings is 2. The second-order valence-electron chi connectivity index (χ2n) is 4.27. The molecule has 88 valence electrons. The average Bonchev–Trinajstić information content (AvgIpc) is 2.38. The van der Waals surface area contributed by atoms with Gasteiger partial charge in [-0.1, -0.05) is 13.0 Å². The van der Waals surface area contributed by atoms with Gasteiger partial charge in [0.1, 0.15) is 5.82 Å². The Morgan fingerprint density at radius 1 is 1.18 bits per heavy atom. The molecule has 0 bridgehead atoms. The fourth-order valence-corrected chi connectivity index (χ4v) is 1.93. The maximum atomic E-state index is 5.87. The molecule has 1 atom stereocenters. The van der Waals surface area contributed by atoms with E-state index in [2.05, 4.69) is 35.1 Å². The molecule has 0 aliphatic carbocycles. The molecule has 0 aliphatic rings. The molecule has 2 heterocycles. The topological polar surface area (TPSA) is 51.8 Å². The normalized spacial score (nSPS) is 12.3. The molecule has 0 fully saturated rings. The van der Waals surface area contributed by atoms with Crippen LogP contribution in [0, 0.1) is 0 Å². The Morgan fingerprint density at radius 3 is 2.65 bits per heavy atom. The second kappa shape index (κ2) is 5.43. The molecule has 0 spiro atoms. The van der Waals surface area contributed by atoms with Gasteiger partial charge in [-0.05, 0) is 48.1 Å². The zero-order valence-electron chi connectivity index (χ0n) is 10.0. The molecule has 2 N–H and O–H groups in total. The summed E-state index contributed by atoms with van der Waals surface area (Å²) in [5, 5.41) is 0. The molecule has 0 saturated heterocycles. The molecule has 0 aliphatic heterocycles. The molecular weight excluding hydrogens is 210 g/mol. The summed E-state index contributed by atoms with van der Waals surface area (Å²) in [5.74, 6) is 1.08. The number of hydrogen-bond donors (Lipinski definition) is 1. The van der Waals surface area contributed by atoms with Crippen molar-refractivity contribution in [3.63, 3.8) is 0 Å². The van der Waals surface area contributed by atoms with E-state index < -0.39 is 0 Å². The lowest BCUT2D eigenvalue weighted by Gasteiger charge is -2.13. The standard InChI is InChI=1S/C14H17N3/c1-11(13-3-2-8-17-14(13)15)4-5-12-6-9-16-10-7-12/h2-3,6-11H,4-5H2,1H3,(H2,15,17)/t11-/m1/s1. The van der Waals surface area contributed by atoms with Gasteiger partial charge in [-0.25, -0.2) is 4.98 Å². The number of rotatable bonds is 4. The first-order chi connectivity index (χ1) is 8.27. The summed E-state index contributed by atoms with van der Waals surface area (Å²) in [6, 6.07) is 8.10. The molecule has 3 nitrogen and oxygen atoms in total. The zero-order valence-corrected chi connectivity index (χ0v) is 10.0. The fourth-order valence-electron chi connectivity index (χ4n) is 1.93. The minimum Gasteiger partial charge on any atom is -0.383 e. The average molecular weight is 227 g/mol. The van der Waals surface area contributed by atoms with Crippen molar-refractivity contribution in [2.45, 2.75) is 25.7 Å². The van der Waals surface area contributed by atoms with Crippen LogP contribution in [-0.2, 0) is 6.42 Å². The van der Waals surface area contributed by atoms with Gasteiger partial charge in [0.2, 0.25) is 0 Å². The van der Waals surface area contributed by atoms with Crippen LogP contribution in [0.4, 0.5) is 5.82 Å². The Kier molecular flexibility index (Phi) is 3.70. The van der Waals surface area contributed by atoms with Crippen molar-refractivity contribution in [3.05, 3.63) is 54.0 Å². The van der Waals surface area contributed by atoms with Crippen molar-refractivity contribution >= 4 is 5.82 Å². The van der Waals surface area contributed by atoms with Crippen LogP contribution in [0.15, 0.2) is 42.9 Å². The minimum atomic E-state index is 0.428. The fraction of sp³-hybridized carbons (Fsp3) is 0.286. The Morgan fingerprint density at radius 2 is 1.94 bits per heavy atom. The molecule has 0 amide bonds. The monoisotopic (exact) mass is 227 g/mol. The molecule has 2 rings (SSSR count). The van der Waals surface area contributed by atoms with Crippen molar-refractivity contribution in [1.82, 2.24) is 9.97 Å². The first kappa shape index (κ1) is 11.6. The van der Waals surface area contributed by atoms with Crippen LogP contribution in [0.1, 0.15) is 30.4 Å². The van der Waals surface area contributed by atoms with E-state index in [4.69, 9.17) is 5.73 Å². The quantitative estimate of drug-likeness (QED) is 0.873. The minimum absolute atomic E-state index is 0.428. The summed E-state index contributed by atoms with van der Waals surface area (Å²) < 4.78 is 0. The van der Waals surface area contributed by atoms with Gasteiger partial charge < -0.3 is 5.73 Å². The number of nitrogen functional groups attached to an aromatic ring is 1. The predicted molar refractivity (Wildman–Crippen MR) is 69.6 cm³/mol. The highest BCUT2D eigenvalue weighted by Gasteiger charge is 2.09. The largest absolute Gasteiger partial charge is 0.383 e. The Hall–Kier alpha value is -1.90. The smallest absolute Gasteiger partial charge is 0.126 e. The van der Waals surface area contributed by atoms with Crippen LogP contribution in [0.2, 0.25) is 0 Å². The highest BCUT2D eigenvalue weighted by Crippen LogP contribution is 2.24. The van der Waals surface area contributed by atoms with Crippen molar-refractivity contribution in [1.29, 1.82) is 0 Å². The van der Waals surface area contributed by atoms with E-state index in [0.29, 0.717) is 11.7 Å². The summed E-state index contributed by atoms with van der Waals surface area (Å²) in [5.41, 5.74) is 8.32. The number of hydrogen-bond acceptors (Lipinski definition) is 3. The van der Waals surface area contributed by atoms with Crippen LogP contribution in [0.25, 0.3) is 0 Å². The van der Waals surface area contributed by atoms with E-state index in [1.807, 2.05) is 18.5 Å². The second-order valence-corrected chi connectivity index (χ2v) is 4.27. The Labute approximate surface area is 102 Å². The van der Waals surface area contributed by atoms with Crippen LogP contribution < -0.4 is 5.73 Å². The maximum Gasteiger partial charge on any atom is 0.126 e. The number of nitrogens with two attached hydrogens (primary N) is 1. The van der Waals surface area contributed by atoms with Gasteiger partial charge in [-0.15, -0.1) is 0 Å². The van der Waals surface area contributed by atoms with E-state index in [9.17, 15) is 0 Å².